The molecule has 1 aromatic carbocycles. The zero-order valence-electron chi connectivity index (χ0n) is 24.7. The molecule has 3 heterocycles. The standard InChI is InChI=1S/C30H40N8O4/c1-30(2,3)42-29(40)38-16-8-11-25(38)27(39)32-14-7-5-6-10-22-19-33-28(36-26(22)31-15-9-17-41-4)35-23-13-12-21-20-34-37-24(21)18-23/h12-13,18-20,25H,5,7-9,11,14-17H2,1-4H3,(H,32,39)(H,34,37)(H2,31,33,35,36)/t25-/m0/s1. The number of rotatable bonds is 11. The molecule has 4 N–H and O–H groups in total. The van der Waals surface area contributed by atoms with E-state index in [-0.39, 0.29) is 5.91 Å². The first kappa shape index (κ1) is 30.6. The number of nitrogens with one attached hydrogen (secondary N) is 4. The average Bonchev–Trinajstić information content (AvgIpc) is 3.63. The van der Waals surface area contributed by atoms with Crippen LogP contribution in [0.15, 0.2) is 30.6 Å². The van der Waals surface area contributed by atoms with Gasteiger partial charge in [0, 0.05) is 50.8 Å². The number of hydrogen-bond donors (Lipinski definition) is 4. The maximum atomic E-state index is 12.7. The highest BCUT2D eigenvalue weighted by Crippen LogP contribution is 2.22. The number of aromatic nitrogens is 4. The van der Waals surface area contributed by atoms with E-state index < -0.39 is 17.7 Å². The second kappa shape index (κ2) is 14.5. The number of carbonyl (C=O) groups is 2. The van der Waals surface area contributed by atoms with Gasteiger partial charge in [-0.25, -0.2) is 9.78 Å². The van der Waals surface area contributed by atoms with Crippen molar-refractivity contribution in [3.8, 4) is 11.8 Å². The summed E-state index contributed by atoms with van der Waals surface area (Å²) >= 11 is 0. The predicted molar refractivity (Wildman–Crippen MR) is 161 cm³/mol. The minimum absolute atomic E-state index is 0.156. The van der Waals surface area contributed by atoms with Crippen molar-refractivity contribution in [3.05, 3.63) is 36.2 Å². The lowest BCUT2D eigenvalue weighted by atomic mass is 10.2. The van der Waals surface area contributed by atoms with Gasteiger partial charge in [-0.3, -0.25) is 14.8 Å². The number of unbranched alkanes of at least 4 members (excludes halogenated alkanes) is 1. The van der Waals surface area contributed by atoms with Gasteiger partial charge in [0.15, 0.2) is 0 Å². The van der Waals surface area contributed by atoms with Crippen LogP contribution in [0.2, 0.25) is 0 Å². The molecule has 1 aliphatic rings. The van der Waals surface area contributed by atoms with E-state index in [0.717, 1.165) is 29.4 Å². The third-order valence-corrected chi connectivity index (χ3v) is 6.49. The molecule has 0 bridgehead atoms. The van der Waals surface area contributed by atoms with Gasteiger partial charge < -0.3 is 25.4 Å². The summed E-state index contributed by atoms with van der Waals surface area (Å²) in [5.74, 6) is 7.25. The van der Waals surface area contributed by atoms with Crippen LogP contribution in [-0.2, 0) is 14.3 Å². The summed E-state index contributed by atoms with van der Waals surface area (Å²) in [7, 11) is 1.67. The highest BCUT2D eigenvalue weighted by Gasteiger charge is 2.36. The second-order valence-corrected chi connectivity index (χ2v) is 11.1. The average molecular weight is 577 g/mol. The van der Waals surface area contributed by atoms with E-state index in [1.54, 1.807) is 19.5 Å². The van der Waals surface area contributed by atoms with Crippen LogP contribution in [0, 0.1) is 11.8 Å². The van der Waals surface area contributed by atoms with Crippen LogP contribution >= 0.6 is 0 Å². The summed E-state index contributed by atoms with van der Waals surface area (Å²) in [6.45, 7) is 7.75. The van der Waals surface area contributed by atoms with Crippen LogP contribution in [0.25, 0.3) is 10.9 Å². The molecule has 42 heavy (non-hydrogen) atoms. The van der Waals surface area contributed by atoms with Gasteiger partial charge in [0.2, 0.25) is 11.9 Å². The molecule has 2 amide bonds. The first-order valence-corrected chi connectivity index (χ1v) is 14.3. The van der Waals surface area contributed by atoms with Crippen LogP contribution in [0.3, 0.4) is 0 Å². The van der Waals surface area contributed by atoms with Crippen LogP contribution in [0.4, 0.5) is 22.2 Å². The minimum Gasteiger partial charge on any atom is -0.444 e. The number of fused-ring (bicyclic) bond motifs is 1. The SMILES string of the molecule is COCCCNc1nc(Nc2ccc3cn[nH]c3c2)ncc1C#CCCCNC(=O)[C@@H]1CCCN1C(=O)OC(C)(C)C. The number of anilines is 3. The van der Waals surface area contributed by atoms with Gasteiger partial charge in [-0.05, 0) is 64.7 Å². The van der Waals surface area contributed by atoms with Gasteiger partial charge in [-0.2, -0.15) is 10.1 Å². The molecular formula is C30H40N8O4. The zero-order chi connectivity index (χ0) is 30.0. The molecule has 0 radical (unpaired) electrons. The van der Waals surface area contributed by atoms with E-state index in [1.165, 1.54) is 4.90 Å². The van der Waals surface area contributed by atoms with Gasteiger partial charge in [0.1, 0.15) is 17.5 Å². The minimum atomic E-state index is -0.601. The van der Waals surface area contributed by atoms with E-state index in [9.17, 15) is 9.59 Å². The highest BCUT2D eigenvalue weighted by molar-refractivity contribution is 5.86. The summed E-state index contributed by atoms with van der Waals surface area (Å²) in [4.78, 5) is 35.9. The molecule has 1 saturated heterocycles. The van der Waals surface area contributed by atoms with Crippen LogP contribution < -0.4 is 16.0 Å². The topological polar surface area (TPSA) is 146 Å². The highest BCUT2D eigenvalue weighted by atomic mass is 16.6. The zero-order valence-corrected chi connectivity index (χ0v) is 24.7. The normalized spacial score (nSPS) is 14.8. The number of H-pyrrole nitrogens is 1. The van der Waals surface area contributed by atoms with Gasteiger partial charge in [-0.1, -0.05) is 11.8 Å². The van der Waals surface area contributed by atoms with Crippen molar-refractivity contribution in [2.75, 3.05) is 44.0 Å². The fourth-order valence-corrected chi connectivity index (χ4v) is 4.48. The van der Waals surface area contributed by atoms with Gasteiger partial charge >= 0.3 is 6.09 Å². The third kappa shape index (κ3) is 8.81. The lowest BCUT2D eigenvalue weighted by Gasteiger charge is -2.28. The summed E-state index contributed by atoms with van der Waals surface area (Å²) in [5.41, 5.74) is 1.84. The Hall–Kier alpha value is -4.37. The van der Waals surface area contributed by atoms with E-state index >= 15 is 0 Å². The maximum Gasteiger partial charge on any atom is 0.410 e. The van der Waals surface area contributed by atoms with Crippen molar-refractivity contribution < 1.29 is 19.1 Å². The first-order chi connectivity index (χ1) is 20.2. The fourth-order valence-electron chi connectivity index (χ4n) is 4.48. The van der Waals surface area contributed by atoms with Crippen LogP contribution in [-0.4, -0.2) is 82.1 Å². The maximum absolute atomic E-state index is 12.7. The number of aromatic amines is 1. The Kier molecular flexibility index (Phi) is 10.6. The molecule has 1 atom stereocenters. The number of nitrogens with zero attached hydrogens (tertiary/aromatic N) is 4. The van der Waals surface area contributed by atoms with Gasteiger partial charge in [0.05, 0.1) is 23.5 Å². The predicted octanol–water partition coefficient (Wildman–Crippen LogP) is 4.19. The molecule has 0 spiro atoms. The number of methoxy groups -OCH3 is 1. The Morgan fingerprint density at radius 2 is 2.05 bits per heavy atom. The molecule has 224 valence electrons. The Labute approximate surface area is 246 Å². The molecule has 4 rings (SSSR count). The lowest BCUT2D eigenvalue weighted by molar-refractivity contribution is -0.125. The fraction of sp³-hybridized carbons (Fsp3) is 0.500. The van der Waals surface area contributed by atoms with Crippen molar-refractivity contribution in [1.29, 1.82) is 0 Å². The Balaban J connectivity index is 1.31. The molecule has 2 aromatic heterocycles. The number of ether oxygens (including phenoxy) is 2. The Morgan fingerprint density at radius 3 is 2.86 bits per heavy atom. The molecule has 0 aliphatic carbocycles. The van der Waals surface area contributed by atoms with Gasteiger partial charge in [-0.15, -0.1) is 0 Å². The van der Waals surface area contributed by atoms with Crippen molar-refractivity contribution in [1.82, 2.24) is 30.4 Å². The van der Waals surface area contributed by atoms with Crippen molar-refractivity contribution in [3.63, 3.8) is 0 Å². The number of benzene rings is 1. The molecule has 1 aliphatic heterocycles. The molecule has 0 saturated carbocycles. The van der Waals surface area contributed by atoms with E-state index in [4.69, 9.17) is 9.47 Å². The molecule has 0 unspecified atom stereocenters. The van der Waals surface area contributed by atoms with E-state index in [1.807, 2.05) is 39.0 Å². The van der Waals surface area contributed by atoms with Crippen LogP contribution in [0.1, 0.15) is 58.4 Å². The largest absolute Gasteiger partial charge is 0.444 e. The summed E-state index contributed by atoms with van der Waals surface area (Å²) in [5, 5.41) is 17.6. The molecule has 12 heteroatoms. The molecular weight excluding hydrogens is 536 g/mol. The summed E-state index contributed by atoms with van der Waals surface area (Å²) in [6, 6.07) is 5.37. The summed E-state index contributed by atoms with van der Waals surface area (Å²) < 4.78 is 10.6. The number of amides is 2. The number of likely N-dealkylation sites (tertiary alicyclic amines) is 1. The number of hydrogen-bond acceptors (Lipinski definition) is 9. The van der Waals surface area contributed by atoms with Gasteiger partial charge in [0.25, 0.3) is 0 Å². The monoisotopic (exact) mass is 576 g/mol. The quantitative estimate of drug-likeness (QED) is 0.195. The molecule has 3 aromatic rings. The Bertz CT molecular complexity index is 1420. The van der Waals surface area contributed by atoms with E-state index in [0.29, 0.717) is 62.8 Å². The van der Waals surface area contributed by atoms with Crippen LogP contribution in [0.5, 0.6) is 0 Å². The van der Waals surface area contributed by atoms with Crippen molar-refractivity contribution >= 4 is 40.4 Å². The van der Waals surface area contributed by atoms with Crippen molar-refractivity contribution in [2.24, 2.45) is 0 Å². The van der Waals surface area contributed by atoms with E-state index in [2.05, 4.69) is 48.0 Å². The smallest absolute Gasteiger partial charge is 0.410 e. The van der Waals surface area contributed by atoms with Crippen molar-refractivity contribution in [2.45, 2.75) is 64.5 Å². The molecule has 12 nitrogen and oxygen atoms in total. The lowest BCUT2D eigenvalue weighted by Crippen LogP contribution is -2.47. The summed E-state index contributed by atoms with van der Waals surface area (Å²) in [6.07, 6.45) is 6.50. The first-order valence-electron chi connectivity index (χ1n) is 14.3. The number of carbonyl (C=O) groups excluding carboxylic acids is 2. The third-order valence-electron chi connectivity index (χ3n) is 6.49. The Morgan fingerprint density at radius 1 is 1.19 bits per heavy atom. The molecule has 1 fully saturated rings. The second-order valence-electron chi connectivity index (χ2n) is 11.1.